The molecule has 0 fully saturated rings. The lowest BCUT2D eigenvalue weighted by Gasteiger charge is -2.31. The fourth-order valence-corrected chi connectivity index (χ4v) is 2.05. The summed E-state index contributed by atoms with van der Waals surface area (Å²) in [4.78, 5) is 26.2. The Labute approximate surface area is 125 Å². The first-order valence-corrected chi connectivity index (χ1v) is 6.91. The van der Waals surface area contributed by atoms with Crippen LogP contribution in [0.15, 0.2) is 24.3 Å². The van der Waals surface area contributed by atoms with Gasteiger partial charge in [0.2, 0.25) is 5.91 Å². The highest BCUT2D eigenvalue weighted by molar-refractivity contribution is 6.06. The Bertz CT molecular complexity index is 502. The summed E-state index contributed by atoms with van der Waals surface area (Å²) in [5.74, 6) is -1.60. The number of nitrogens with zero attached hydrogens (tertiary/aromatic N) is 1. The van der Waals surface area contributed by atoms with E-state index in [9.17, 15) is 14.7 Å². The molecule has 1 atom stereocenters. The van der Waals surface area contributed by atoms with Crippen molar-refractivity contribution < 1.29 is 19.4 Å². The van der Waals surface area contributed by atoms with Crippen LogP contribution in [0.2, 0.25) is 0 Å². The first-order chi connectivity index (χ1) is 9.68. The predicted molar refractivity (Wildman–Crippen MR) is 81.1 cm³/mol. The molecule has 0 heterocycles. The molecule has 0 aliphatic heterocycles. The van der Waals surface area contributed by atoms with Crippen LogP contribution in [0.25, 0.3) is 0 Å². The monoisotopic (exact) mass is 293 g/mol. The highest BCUT2D eigenvalue weighted by Gasteiger charge is 2.40. The van der Waals surface area contributed by atoms with Crippen molar-refractivity contribution in [2.75, 3.05) is 18.6 Å². The lowest BCUT2D eigenvalue weighted by molar-refractivity contribution is -0.155. The number of carbonyl (C=O) groups excluding carboxylic acids is 2. The summed E-state index contributed by atoms with van der Waals surface area (Å²) in [6, 6.07) is 6.24. The number of phenolic OH excluding ortho intramolecular Hbond substituents is 1. The van der Waals surface area contributed by atoms with E-state index < -0.39 is 17.3 Å². The van der Waals surface area contributed by atoms with E-state index in [-0.39, 0.29) is 18.3 Å². The highest BCUT2D eigenvalue weighted by Crippen LogP contribution is 2.30. The molecule has 0 aromatic heterocycles. The van der Waals surface area contributed by atoms with Crippen LogP contribution in [0.1, 0.15) is 27.7 Å². The maximum Gasteiger partial charge on any atom is 0.319 e. The molecule has 1 amide bonds. The molecule has 0 aliphatic carbocycles. The van der Waals surface area contributed by atoms with Gasteiger partial charge < -0.3 is 14.7 Å². The Morgan fingerprint density at radius 3 is 2.19 bits per heavy atom. The van der Waals surface area contributed by atoms with Crippen LogP contribution >= 0.6 is 0 Å². The number of esters is 1. The zero-order valence-corrected chi connectivity index (χ0v) is 13.2. The normalized spacial score (nSPS) is 12.6. The van der Waals surface area contributed by atoms with Gasteiger partial charge in [-0.2, -0.15) is 0 Å². The van der Waals surface area contributed by atoms with E-state index in [1.54, 1.807) is 26.1 Å². The molecule has 1 N–H and O–H groups in total. The Morgan fingerprint density at radius 2 is 1.76 bits per heavy atom. The van der Waals surface area contributed by atoms with Crippen molar-refractivity contribution in [1.82, 2.24) is 0 Å². The number of carbonyl (C=O) groups is 2. The fraction of sp³-hybridized carbons (Fsp3) is 0.500. The second-order valence-electron chi connectivity index (χ2n) is 5.96. The van der Waals surface area contributed by atoms with Gasteiger partial charge in [0.05, 0.1) is 6.61 Å². The van der Waals surface area contributed by atoms with E-state index in [0.717, 1.165) is 0 Å². The molecule has 0 saturated carbocycles. The topological polar surface area (TPSA) is 66.8 Å². The number of benzene rings is 1. The number of amides is 1. The van der Waals surface area contributed by atoms with E-state index in [2.05, 4.69) is 0 Å². The molecule has 5 heteroatoms. The van der Waals surface area contributed by atoms with Gasteiger partial charge in [-0.05, 0) is 36.6 Å². The van der Waals surface area contributed by atoms with E-state index in [1.807, 2.05) is 20.8 Å². The van der Waals surface area contributed by atoms with Crippen molar-refractivity contribution in [1.29, 1.82) is 0 Å². The molecule has 1 aromatic rings. The zero-order chi connectivity index (χ0) is 16.2. The Morgan fingerprint density at radius 1 is 1.24 bits per heavy atom. The molecular weight excluding hydrogens is 270 g/mol. The van der Waals surface area contributed by atoms with Crippen molar-refractivity contribution >= 4 is 17.6 Å². The third kappa shape index (κ3) is 4.21. The number of hydrogen-bond donors (Lipinski definition) is 1. The van der Waals surface area contributed by atoms with Crippen molar-refractivity contribution in [2.45, 2.75) is 27.7 Å². The summed E-state index contributed by atoms with van der Waals surface area (Å²) in [7, 11) is 1.60. The molecule has 1 unspecified atom stereocenters. The average Bonchev–Trinajstić information content (AvgIpc) is 2.37. The Hall–Kier alpha value is -2.04. The van der Waals surface area contributed by atoms with Crippen LogP contribution in [-0.4, -0.2) is 30.6 Å². The van der Waals surface area contributed by atoms with Crippen molar-refractivity contribution in [3.63, 3.8) is 0 Å². The molecule has 5 nitrogen and oxygen atoms in total. The number of phenols is 1. The molecule has 116 valence electrons. The number of rotatable bonds is 4. The fourth-order valence-electron chi connectivity index (χ4n) is 2.05. The van der Waals surface area contributed by atoms with Gasteiger partial charge in [-0.1, -0.05) is 20.8 Å². The number of aromatic hydroxyl groups is 1. The van der Waals surface area contributed by atoms with Crippen molar-refractivity contribution in [2.24, 2.45) is 11.3 Å². The van der Waals surface area contributed by atoms with E-state index in [4.69, 9.17) is 4.74 Å². The second-order valence-corrected chi connectivity index (χ2v) is 5.96. The number of ether oxygens (including phenoxy) is 1. The Balaban J connectivity index is 3.05. The summed E-state index contributed by atoms with van der Waals surface area (Å²) in [5.41, 5.74) is 0.0606. The third-order valence-corrected chi connectivity index (χ3v) is 3.20. The molecule has 0 bridgehead atoms. The van der Waals surface area contributed by atoms with E-state index >= 15 is 0 Å². The quantitative estimate of drug-likeness (QED) is 0.684. The molecule has 0 saturated heterocycles. The summed E-state index contributed by atoms with van der Waals surface area (Å²) in [6.07, 6.45) is 0. The van der Waals surface area contributed by atoms with Crippen LogP contribution in [0.5, 0.6) is 5.75 Å². The van der Waals surface area contributed by atoms with Crippen molar-refractivity contribution in [3.05, 3.63) is 24.3 Å². The first-order valence-electron chi connectivity index (χ1n) is 6.91. The maximum atomic E-state index is 12.7. The number of anilines is 1. The largest absolute Gasteiger partial charge is 0.508 e. The summed E-state index contributed by atoms with van der Waals surface area (Å²) < 4.78 is 5.03. The Kier molecular flexibility index (Phi) is 5.35. The van der Waals surface area contributed by atoms with Crippen LogP contribution in [-0.2, 0) is 14.3 Å². The van der Waals surface area contributed by atoms with Crippen LogP contribution in [0.4, 0.5) is 5.69 Å². The third-order valence-electron chi connectivity index (χ3n) is 3.20. The van der Waals surface area contributed by atoms with Gasteiger partial charge in [-0.25, -0.2) is 0 Å². The van der Waals surface area contributed by atoms with Gasteiger partial charge in [0.25, 0.3) is 0 Å². The van der Waals surface area contributed by atoms with E-state index in [0.29, 0.717) is 5.69 Å². The lowest BCUT2D eigenvalue weighted by Crippen LogP contribution is -2.44. The smallest absolute Gasteiger partial charge is 0.319 e. The molecule has 1 rings (SSSR count). The molecule has 0 aliphatic rings. The summed E-state index contributed by atoms with van der Waals surface area (Å²) in [5, 5.41) is 9.30. The average molecular weight is 293 g/mol. The minimum atomic E-state index is -0.878. The highest BCUT2D eigenvalue weighted by atomic mass is 16.5. The second kappa shape index (κ2) is 6.61. The maximum absolute atomic E-state index is 12.7. The lowest BCUT2D eigenvalue weighted by atomic mass is 9.79. The standard InChI is InChI=1S/C16H23NO4/c1-6-21-15(20)13(16(2,3)4)14(19)17(5)11-7-9-12(18)10-8-11/h7-10,13,18H,6H2,1-5H3. The van der Waals surface area contributed by atoms with Crippen LogP contribution < -0.4 is 4.90 Å². The summed E-state index contributed by atoms with van der Waals surface area (Å²) >= 11 is 0. The van der Waals surface area contributed by atoms with Gasteiger partial charge in [0.15, 0.2) is 0 Å². The van der Waals surface area contributed by atoms with Gasteiger partial charge >= 0.3 is 5.97 Å². The van der Waals surface area contributed by atoms with Crippen LogP contribution in [0.3, 0.4) is 0 Å². The van der Waals surface area contributed by atoms with E-state index in [1.165, 1.54) is 17.0 Å². The minimum Gasteiger partial charge on any atom is -0.508 e. The van der Waals surface area contributed by atoms with Gasteiger partial charge in [0.1, 0.15) is 11.7 Å². The molecule has 0 radical (unpaired) electrons. The van der Waals surface area contributed by atoms with Gasteiger partial charge in [0, 0.05) is 12.7 Å². The SMILES string of the molecule is CCOC(=O)C(C(=O)N(C)c1ccc(O)cc1)C(C)(C)C. The minimum absolute atomic E-state index is 0.123. The molecular formula is C16H23NO4. The van der Waals surface area contributed by atoms with Gasteiger partial charge in [-0.15, -0.1) is 0 Å². The molecule has 1 aromatic carbocycles. The molecule has 21 heavy (non-hydrogen) atoms. The van der Waals surface area contributed by atoms with Crippen LogP contribution in [0, 0.1) is 11.3 Å². The molecule has 0 spiro atoms. The van der Waals surface area contributed by atoms with Gasteiger partial charge in [-0.3, -0.25) is 9.59 Å². The van der Waals surface area contributed by atoms with Crippen molar-refractivity contribution in [3.8, 4) is 5.75 Å². The first kappa shape index (κ1) is 17.0. The summed E-state index contributed by atoms with van der Waals surface area (Å²) in [6.45, 7) is 7.44. The predicted octanol–water partition coefficient (Wildman–Crippen LogP) is 2.58. The zero-order valence-electron chi connectivity index (χ0n) is 13.2. The number of hydrogen-bond acceptors (Lipinski definition) is 4.